The van der Waals surface area contributed by atoms with Gasteiger partial charge in [0.05, 0.1) is 5.69 Å². The van der Waals surface area contributed by atoms with E-state index in [0.717, 1.165) is 5.78 Å². The molecule has 66 valence electrons. The van der Waals surface area contributed by atoms with Gasteiger partial charge in [-0.3, -0.25) is 4.40 Å². The summed E-state index contributed by atoms with van der Waals surface area (Å²) < 4.78 is 1.99. The fraction of sp³-hybridized carbons (Fsp3) is 0.400. The first-order valence-electron chi connectivity index (χ1n) is 4.58. The highest BCUT2D eigenvalue weighted by Crippen LogP contribution is 2.46. The van der Waals surface area contributed by atoms with Gasteiger partial charge in [0, 0.05) is 24.0 Å². The Morgan fingerprint density at radius 1 is 1.46 bits per heavy atom. The molecular weight excluding hydrogens is 162 g/mol. The molecule has 0 saturated heterocycles. The molecular formula is C10H11N3. The van der Waals surface area contributed by atoms with E-state index in [1.807, 2.05) is 16.7 Å². The first-order chi connectivity index (χ1) is 6.28. The van der Waals surface area contributed by atoms with Crippen LogP contribution >= 0.6 is 0 Å². The van der Waals surface area contributed by atoms with Crippen molar-refractivity contribution in [3.05, 3.63) is 30.4 Å². The topological polar surface area (TPSA) is 30.2 Å². The Balaban J connectivity index is 2.22. The van der Waals surface area contributed by atoms with Gasteiger partial charge in [0.15, 0.2) is 0 Å². The Morgan fingerprint density at radius 2 is 2.31 bits per heavy atom. The molecule has 0 spiro atoms. The third-order valence-electron chi connectivity index (χ3n) is 2.85. The summed E-state index contributed by atoms with van der Waals surface area (Å²) in [6, 6.07) is 1.92. The predicted molar refractivity (Wildman–Crippen MR) is 49.6 cm³/mol. The molecule has 0 radical (unpaired) electrons. The highest BCUT2D eigenvalue weighted by Gasteiger charge is 2.41. The lowest BCUT2D eigenvalue weighted by molar-refractivity contribution is 0.758. The van der Waals surface area contributed by atoms with Gasteiger partial charge in [-0.15, -0.1) is 0 Å². The minimum Gasteiger partial charge on any atom is -0.291 e. The third-order valence-corrected chi connectivity index (χ3v) is 2.85. The summed E-state index contributed by atoms with van der Waals surface area (Å²) in [7, 11) is 0. The maximum atomic E-state index is 4.50. The van der Waals surface area contributed by atoms with Crippen molar-refractivity contribution in [2.75, 3.05) is 0 Å². The summed E-state index contributed by atoms with van der Waals surface area (Å²) in [4.78, 5) is 8.69. The second kappa shape index (κ2) is 2.10. The average Bonchev–Trinajstić information content (AvgIpc) is 2.76. The predicted octanol–water partition coefficient (Wildman–Crippen LogP) is 1.78. The van der Waals surface area contributed by atoms with Crippen LogP contribution < -0.4 is 0 Å². The van der Waals surface area contributed by atoms with Crippen LogP contribution in [0.1, 0.15) is 25.5 Å². The van der Waals surface area contributed by atoms with Crippen LogP contribution in [0.2, 0.25) is 0 Å². The van der Waals surface area contributed by atoms with Crippen LogP contribution in [0.3, 0.4) is 0 Å². The highest BCUT2D eigenvalue weighted by atomic mass is 15.1. The molecule has 3 nitrogen and oxygen atoms in total. The fourth-order valence-electron chi connectivity index (χ4n) is 1.56. The largest absolute Gasteiger partial charge is 0.291 e. The Morgan fingerprint density at radius 3 is 3.00 bits per heavy atom. The molecule has 0 atom stereocenters. The van der Waals surface area contributed by atoms with Crippen molar-refractivity contribution in [3.8, 4) is 0 Å². The van der Waals surface area contributed by atoms with Gasteiger partial charge in [-0.25, -0.2) is 9.97 Å². The van der Waals surface area contributed by atoms with Gasteiger partial charge in [0.2, 0.25) is 5.78 Å². The molecule has 2 aromatic rings. The van der Waals surface area contributed by atoms with Gasteiger partial charge in [0.1, 0.15) is 0 Å². The summed E-state index contributed by atoms with van der Waals surface area (Å²) in [5, 5.41) is 0. The number of hydrogen-bond acceptors (Lipinski definition) is 2. The summed E-state index contributed by atoms with van der Waals surface area (Å²) in [5.41, 5.74) is 1.53. The van der Waals surface area contributed by atoms with E-state index in [1.165, 1.54) is 18.5 Å². The quantitative estimate of drug-likeness (QED) is 0.658. The van der Waals surface area contributed by atoms with E-state index >= 15 is 0 Å². The molecule has 3 heteroatoms. The van der Waals surface area contributed by atoms with Gasteiger partial charge in [-0.2, -0.15) is 0 Å². The van der Waals surface area contributed by atoms with Crippen LogP contribution in [0.4, 0.5) is 0 Å². The Bertz CT molecular complexity index is 421. The third kappa shape index (κ3) is 0.963. The van der Waals surface area contributed by atoms with Crippen molar-refractivity contribution < 1.29 is 0 Å². The molecule has 0 N–H and O–H groups in total. The zero-order valence-corrected chi connectivity index (χ0v) is 7.57. The first kappa shape index (κ1) is 7.06. The smallest absolute Gasteiger partial charge is 0.233 e. The van der Waals surface area contributed by atoms with E-state index in [9.17, 15) is 0 Å². The molecule has 1 saturated carbocycles. The van der Waals surface area contributed by atoms with Gasteiger partial charge < -0.3 is 0 Å². The van der Waals surface area contributed by atoms with Crippen molar-refractivity contribution in [3.63, 3.8) is 0 Å². The molecule has 1 fully saturated rings. The minimum absolute atomic E-state index is 0.341. The molecule has 1 aliphatic rings. The average molecular weight is 173 g/mol. The van der Waals surface area contributed by atoms with Crippen LogP contribution in [0.5, 0.6) is 0 Å². The van der Waals surface area contributed by atoms with Gasteiger partial charge in [-0.05, 0) is 18.9 Å². The maximum absolute atomic E-state index is 4.50. The Kier molecular flexibility index (Phi) is 1.14. The standard InChI is InChI=1S/C10H11N3/c1-10(3-4-10)8-7-13-6-2-5-11-9(13)12-8/h2,5-7H,3-4H2,1H3. The van der Waals surface area contributed by atoms with Crippen LogP contribution in [0.25, 0.3) is 5.78 Å². The normalized spacial score (nSPS) is 19.2. The number of fused-ring (bicyclic) bond motifs is 1. The lowest BCUT2D eigenvalue weighted by atomic mass is 10.1. The van der Waals surface area contributed by atoms with E-state index in [1.54, 1.807) is 6.20 Å². The Hall–Kier alpha value is -1.38. The lowest BCUT2D eigenvalue weighted by Crippen LogP contribution is -1.98. The molecule has 0 aliphatic heterocycles. The second-order valence-corrected chi connectivity index (χ2v) is 4.01. The maximum Gasteiger partial charge on any atom is 0.233 e. The fourth-order valence-corrected chi connectivity index (χ4v) is 1.56. The molecule has 3 rings (SSSR count). The van der Waals surface area contributed by atoms with E-state index < -0.39 is 0 Å². The van der Waals surface area contributed by atoms with Crippen molar-refractivity contribution >= 4 is 5.78 Å². The number of rotatable bonds is 1. The van der Waals surface area contributed by atoms with Crippen molar-refractivity contribution in [1.82, 2.24) is 14.4 Å². The molecule has 0 bridgehead atoms. The van der Waals surface area contributed by atoms with E-state index in [2.05, 4.69) is 23.1 Å². The minimum atomic E-state index is 0.341. The molecule has 0 aromatic carbocycles. The molecule has 13 heavy (non-hydrogen) atoms. The Labute approximate surface area is 76.4 Å². The van der Waals surface area contributed by atoms with Crippen molar-refractivity contribution in [2.24, 2.45) is 0 Å². The van der Waals surface area contributed by atoms with Gasteiger partial charge >= 0.3 is 0 Å². The number of hydrogen-bond donors (Lipinski definition) is 0. The molecule has 1 aliphatic carbocycles. The van der Waals surface area contributed by atoms with E-state index in [-0.39, 0.29) is 0 Å². The number of imidazole rings is 1. The van der Waals surface area contributed by atoms with Crippen LogP contribution in [-0.4, -0.2) is 14.4 Å². The number of nitrogens with zero attached hydrogens (tertiary/aromatic N) is 3. The molecule has 2 heterocycles. The first-order valence-corrected chi connectivity index (χ1v) is 4.58. The number of aromatic nitrogens is 3. The molecule has 2 aromatic heterocycles. The zero-order valence-electron chi connectivity index (χ0n) is 7.57. The summed E-state index contributed by atoms with van der Waals surface area (Å²) >= 11 is 0. The summed E-state index contributed by atoms with van der Waals surface area (Å²) in [5.74, 6) is 0.811. The zero-order chi connectivity index (χ0) is 8.89. The van der Waals surface area contributed by atoms with Crippen LogP contribution in [0, 0.1) is 0 Å². The van der Waals surface area contributed by atoms with E-state index in [0.29, 0.717) is 5.41 Å². The molecule has 0 amide bonds. The SMILES string of the molecule is CC1(c2cn3cccnc3n2)CC1. The van der Waals surface area contributed by atoms with Crippen LogP contribution in [0.15, 0.2) is 24.7 Å². The highest BCUT2D eigenvalue weighted by molar-refractivity contribution is 5.34. The molecule has 0 unspecified atom stereocenters. The van der Waals surface area contributed by atoms with Crippen LogP contribution in [-0.2, 0) is 5.41 Å². The van der Waals surface area contributed by atoms with E-state index in [4.69, 9.17) is 0 Å². The second-order valence-electron chi connectivity index (χ2n) is 4.01. The van der Waals surface area contributed by atoms with Crippen molar-refractivity contribution in [2.45, 2.75) is 25.2 Å². The summed E-state index contributed by atoms with van der Waals surface area (Å²) in [6.45, 7) is 2.26. The van der Waals surface area contributed by atoms with Gasteiger partial charge in [0.25, 0.3) is 0 Å². The van der Waals surface area contributed by atoms with Gasteiger partial charge in [-0.1, -0.05) is 6.92 Å². The van der Waals surface area contributed by atoms with Crippen molar-refractivity contribution in [1.29, 1.82) is 0 Å². The lowest BCUT2D eigenvalue weighted by Gasteiger charge is -1.99. The summed E-state index contributed by atoms with van der Waals surface area (Å²) in [6.07, 6.45) is 8.38. The monoisotopic (exact) mass is 173 g/mol.